The summed E-state index contributed by atoms with van der Waals surface area (Å²) in [5.41, 5.74) is -1.10. The van der Waals surface area contributed by atoms with Crippen molar-refractivity contribution >= 4 is 28.3 Å². The number of aromatic nitrogens is 2. The van der Waals surface area contributed by atoms with Crippen LogP contribution in [0.1, 0.15) is 23.2 Å². The van der Waals surface area contributed by atoms with Gasteiger partial charge in [-0.1, -0.05) is 6.07 Å². The molecular formula is C21H28ClF2N5O4S. The highest BCUT2D eigenvalue weighted by atomic mass is 35.5. The number of benzene rings is 1. The third kappa shape index (κ3) is 5.25. The van der Waals surface area contributed by atoms with Crippen LogP contribution in [0.5, 0.6) is 0 Å². The van der Waals surface area contributed by atoms with Crippen LogP contribution in [0.4, 0.5) is 8.78 Å². The first kappa shape index (κ1) is 26.5. The summed E-state index contributed by atoms with van der Waals surface area (Å²) >= 11 is 0. The van der Waals surface area contributed by atoms with Crippen molar-refractivity contribution in [2.24, 2.45) is 7.05 Å². The van der Waals surface area contributed by atoms with Crippen LogP contribution >= 0.6 is 12.4 Å². The molecule has 1 aromatic heterocycles. The zero-order valence-corrected chi connectivity index (χ0v) is 20.4. The van der Waals surface area contributed by atoms with E-state index < -0.39 is 38.7 Å². The quantitative estimate of drug-likeness (QED) is 0.620. The summed E-state index contributed by atoms with van der Waals surface area (Å²) in [7, 11) is -1.98. The average Bonchev–Trinajstić information content (AvgIpc) is 3.25. The number of halogens is 3. The molecule has 34 heavy (non-hydrogen) atoms. The minimum Gasteiger partial charge on any atom is -0.381 e. The lowest BCUT2D eigenvalue weighted by atomic mass is 9.87. The highest BCUT2D eigenvalue weighted by Gasteiger charge is 2.42. The van der Waals surface area contributed by atoms with Crippen LogP contribution in [0.25, 0.3) is 0 Å². The molecule has 1 amide bonds. The maximum Gasteiger partial charge on any atom is 0.262 e. The van der Waals surface area contributed by atoms with Crippen molar-refractivity contribution in [3.8, 4) is 0 Å². The first-order chi connectivity index (χ1) is 15.7. The van der Waals surface area contributed by atoms with Gasteiger partial charge in [0.2, 0.25) is 0 Å². The van der Waals surface area contributed by atoms with Crippen LogP contribution in [0, 0.1) is 11.6 Å². The van der Waals surface area contributed by atoms with Crippen LogP contribution in [-0.2, 0) is 21.8 Å². The van der Waals surface area contributed by atoms with Gasteiger partial charge in [0.15, 0.2) is 5.03 Å². The lowest BCUT2D eigenvalue weighted by Gasteiger charge is -2.49. The van der Waals surface area contributed by atoms with E-state index in [4.69, 9.17) is 4.74 Å². The van der Waals surface area contributed by atoms with E-state index >= 15 is 0 Å². The number of rotatable bonds is 6. The fraction of sp³-hybridized carbons (Fsp3) is 0.524. The first-order valence-electron chi connectivity index (χ1n) is 10.8. The van der Waals surface area contributed by atoms with Gasteiger partial charge < -0.3 is 14.6 Å². The number of imidazole rings is 1. The molecule has 2 aromatic rings. The lowest BCUT2D eigenvalue weighted by Crippen LogP contribution is -2.63. The van der Waals surface area contributed by atoms with E-state index in [0.29, 0.717) is 39.1 Å². The fourth-order valence-electron chi connectivity index (χ4n) is 4.46. The summed E-state index contributed by atoms with van der Waals surface area (Å²) in [6.45, 7) is 2.60. The number of hydrogen-bond donors (Lipinski definition) is 1. The number of amides is 1. The monoisotopic (exact) mass is 519 g/mol. The van der Waals surface area contributed by atoms with Gasteiger partial charge in [0.25, 0.3) is 15.9 Å². The number of nitrogens with zero attached hydrogens (tertiary/aromatic N) is 4. The van der Waals surface area contributed by atoms with Crippen LogP contribution < -0.4 is 5.32 Å². The van der Waals surface area contributed by atoms with E-state index in [1.807, 2.05) is 0 Å². The van der Waals surface area contributed by atoms with Gasteiger partial charge in [0.05, 0.1) is 6.33 Å². The number of ether oxygens (including phenoxy) is 1. The van der Waals surface area contributed by atoms with Crippen LogP contribution in [-0.4, -0.2) is 84.6 Å². The maximum absolute atomic E-state index is 14.0. The molecule has 13 heteroatoms. The number of carbonyl (C=O) groups excluding carboxylic acids is 1. The highest BCUT2D eigenvalue weighted by molar-refractivity contribution is 7.89. The minimum atomic E-state index is -3.69. The molecule has 4 rings (SSSR count). The van der Waals surface area contributed by atoms with Gasteiger partial charge >= 0.3 is 0 Å². The molecule has 3 heterocycles. The second-order valence-corrected chi connectivity index (χ2v) is 10.3. The molecule has 188 valence electrons. The van der Waals surface area contributed by atoms with Gasteiger partial charge in [-0.2, -0.15) is 4.31 Å². The van der Waals surface area contributed by atoms with Crippen molar-refractivity contribution in [1.29, 1.82) is 0 Å². The van der Waals surface area contributed by atoms with E-state index in [0.717, 1.165) is 12.1 Å². The summed E-state index contributed by atoms with van der Waals surface area (Å²) in [5.74, 6) is -2.64. The van der Waals surface area contributed by atoms with Gasteiger partial charge in [0, 0.05) is 64.7 Å². The molecule has 1 N–H and O–H groups in total. The molecular weight excluding hydrogens is 492 g/mol. The average molecular weight is 520 g/mol. The van der Waals surface area contributed by atoms with Crippen molar-refractivity contribution in [1.82, 2.24) is 24.1 Å². The molecule has 9 nitrogen and oxygen atoms in total. The predicted octanol–water partition coefficient (Wildman–Crippen LogP) is 1.41. The predicted molar refractivity (Wildman–Crippen MR) is 122 cm³/mol. The lowest BCUT2D eigenvalue weighted by molar-refractivity contribution is -0.0385. The Morgan fingerprint density at radius 3 is 2.32 bits per heavy atom. The maximum atomic E-state index is 14.0. The third-order valence-corrected chi connectivity index (χ3v) is 8.17. The first-order valence-corrected chi connectivity index (χ1v) is 12.2. The zero-order chi connectivity index (χ0) is 23.6. The molecule has 0 radical (unpaired) electrons. The molecule has 2 saturated heterocycles. The number of sulfonamides is 1. The van der Waals surface area contributed by atoms with Crippen LogP contribution in [0.2, 0.25) is 0 Å². The second-order valence-electron chi connectivity index (χ2n) is 8.38. The summed E-state index contributed by atoms with van der Waals surface area (Å²) < 4.78 is 62.3. The van der Waals surface area contributed by atoms with Gasteiger partial charge in [-0.3, -0.25) is 9.69 Å². The minimum absolute atomic E-state index is 0. The van der Waals surface area contributed by atoms with E-state index in [-0.39, 0.29) is 37.1 Å². The highest BCUT2D eigenvalue weighted by Crippen LogP contribution is 2.30. The number of aryl methyl sites for hydroxylation is 1. The molecule has 0 aliphatic carbocycles. The topological polar surface area (TPSA) is 96.8 Å². The summed E-state index contributed by atoms with van der Waals surface area (Å²) in [6, 6.07) is 3.30. The van der Waals surface area contributed by atoms with E-state index in [1.54, 1.807) is 11.6 Å². The number of hydrogen-bond acceptors (Lipinski definition) is 6. The van der Waals surface area contributed by atoms with Crippen LogP contribution in [0.15, 0.2) is 35.7 Å². The van der Waals surface area contributed by atoms with Gasteiger partial charge in [0.1, 0.15) is 17.2 Å². The summed E-state index contributed by atoms with van der Waals surface area (Å²) in [5, 5.41) is 2.71. The molecule has 0 spiro atoms. The molecule has 0 bridgehead atoms. The third-order valence-electron chi connectivity index (χ3n) is 6.39. The molecule has 2 aliphatic heterocycles. The SMILES string of the molecule is Cl.Cn1cnc(S(=O)(=O)N2CCN(C3(CNC(=O)c4c(F)cccc4F)CCOCC3)CC2)c1. The van der Waals surface area contributed by atoms with E-state index in [1.165, 1.54) is 22.9 Å². The van der Waals surface area contributed by atoms with Crippen molar-refractivity contribution in [3.63, 3.8) is 0 Å². The van der Waals surface area contributed by atoms with Gasteiger partial charge in [-0.25, -0.2) is 22.2 Å². The van der Waals surface area contributed by atoms with Gasteiger partial charge in [-0.15, -0.1) is 12.4 Å². The Morgan fingerprint density at radius 2 is 1.76 bits per heavy atom. The Kier molecular flexibility index (Phi) is 8.30. The normalized spacial score (nSPS) is 19.4. The Balaban J connectivity index is 0.00000324. The molecule has 1 aromatic carbocycles. The summed E-state index contributed by atoms with van der Waals surface area (Å²) in [4.78, 5) is 18.7. The van der Waals surface area contributed by atoms with Crippen molar-refractivity contribution in [2.75, 3.05) is 45.9 Å². The Labute approximate surface area is 203 Å². The second kappa shape index (κ2) is 10.6. The van der Waals surface area contributed by atoms with Gasteiger partial charge in [-0.05, 0) is 25.0 Å². The number of carbonyl (C=O) groups is 1. The van der Waals surface area contributed by atoms with Crippen LogP contribution in [0.3, 0.4) is 0 Å². The largest absolute Gasteiger partial charge is 0.381 e. The smallest absolute Gasteiger partial charge is 0.262 e. The van der Waals surface area contributed by atoms with Crippen molar-refractivity contribution < 1.29 is 26.7 Å². The Morgan fingerprint density at radius 1 is 1.15 bits per heavy atom. The van der Waals surface area contributed by atoms with Crippen molar-refractivity contribution in [2.45, 2.75) is 23.4 Å². The van der Waals surface area contributed by atoms with E-state index in [2.05, 4.69) is 15.2 Å². The van der Waals surface area contributed by atoms with E-state index in [9.17, 15) is 22.0 Å². The molecule has 0 atom stereocenters. The fourth-order valence-corrected chi connectivity index (χ4v) is 5.85. The molecule has 2 fully saturated rings. The summed E-state index contributed by atoms with van der Waals surface area (Å²) in [6.07, 6.45) is 4.14. The zero-order valence-electron chi connectivity index (χ0n) is 18.7. The molecule has 2 aliphatic rings. The number of nitrogens with one attached hydrogen (secondary N) is 1. The Bertz CT molecular complexity index is 1100. The van der Waals surface area contributed by atoms with Crippen molar-refractivity contribution in [3.05, 3.63) is 47.9 Å². The molecule has 0 unspecified atom stereocenters. The molecule has 0 saturated carbocycles. The number of piperazine rings is 1. The Hall–Kier alpha value is -2.12. The standard InChI is InChI=1S/C21H27F2N5O4S.ClH/c1-26-13-18(25-15-26)33(30,31)28-9-7-27(8-10-28)21(5-11-32-12-6-21)14-24-20(29)19-16(22)3-2-4-17(19)23;/h2-4,13,15H,5-12,14H2,1H3,(H,24,29);1H.